The maximum absolute atomic E-state index is 5.91. The molecule has 1 aromatic carbocycles. The summed E-state index contributed by atoms with van der Waals surface area (Å²) in [4.78, 5) is 7.01. The van der Waals surface area contributed by atoms with Crippen LogP contribution in [0.1, 0.15) is 78.4 Å². The van der Waals surface area contributed by atoms with Gasteiger partial charge >= 0.3 is 0 Å². The Morgan fingerprint density at radius 3 is 2.50 bits per heavy atom. The van der Waals surface area contributed by atoms with Crippen LogP contribution in [0, 0.1) is 20.8 Å². The molecule has 5 rings (SSSR count). The van der Waals surface area contributed by atoms with Crippen LogP contribution in [0.2, 0.25) is 0 Å². The van der Waals surface area contributed by atoms with Gasteiger partial charge in [0.15, 0.2) is 5.11 Å². The first kappa shape index (κ1) is 21.2. The van der Waals surface area contributed by atoms with Crippen LogP contribution in [0.15, 0.2) is 54.7 Å². The average Bonchev–Trinajstić information content (AvgIpc) is 3.30. The number of hydrogen-bond donors (Lipinski definition) is 1. The van der Waals surface area contributed by atoms with E-state index in [0.29, 0.717) is 6.04 Å². The number of thiocarbonyl (C=S) groups is 1. The molecule has 0 bridgehead atoms. The molecule has 2 aliphatic rings. The summed E-state index contributed by atoms with van der Waals surface area (Å²) in [5, 5.41) is 4.37. The fraction of sp³-hybridized carbons (Fsp3) is 0.407. The number of nitrogens with zero attached hydrogens (tertiary/aromatic N) is 3. The monoisotopic (exact) mass is 444 g/mol. The van der Waals surface area contributed by atoms with Crippen molar-refractivity contribution >= 4 is 23.0 Å². The third-order valence-electron chi connectivity index (χ3n) is 7.16. The quantitative estimate of drug-likeness (QED) is 0.466. The molecule has 0 unspecified atom stereocenters. The predicted molar refractivity (Wildman–Crippen MR) is 135 cm³/mol. The van der Waals surface area contributed by atoms with Gasteiger partial charge in [-0.15, -0.1) is 0 Å². The van der Waals surface area contributed by atoms with Gasteiger partial charge in [-0.25, -0.2) is 0 Å². The summed E-state index contributed by atoms with van der Waals surface area (Å²) in [6.07, 6.45) is 8.46. The van der Waals surface area contributed by atoms with Crippen molar-refractivity contribution in [1.82, 2.24) is 14.9 Å². The second-order valence-electron chi connectivity index (χ2n) is 9.32. The number of anilines is 1. The Balaban J connectivity index is 1.64. The summed E-state index contributed by atoms with van der Waals surface area (Å²) in [6, 6.07) is 17.8. The number of hydrogen-bond acceptors (Lipinski definition) is 2. The largest absolute Gasteiger partial charge is 0.351 e. The topological polar surface area (TPSA) is 33.1 Å². The van der Waals surface area contributed by atoms with E-state index in [1.54, 1.807) is 0 Å². The van der Waals surface area contributed by atoms with E-state index in [0.717, 1.165) is 16.5 Å². The van der Waals surface area contributed by atoms with Gasteiger partial charge in [0.25, 0.3) is 0 Å². The Morgan fingerprint density at radius 2 is 1.78 bits per heavy atom. The number of rotatable bonds is 4. The minimum absolute atomic E-state index is 0.00418. The van der Waals surface area contributed by atoms with E-state index in [9.17, 15) is 0 Å². The van der Waals surface area contributed by atoms with Gasteiger partial charge in [0.2, 0.25) is 0 Å². The van der Waals surface area contributed by atoms with Crippen molar-refractivity contribution < 1.29 is 0 Å². The first-order valence-electron chi connectivity index (χ1n) is 11.8. The highest BCUT2D eigenvalue weighted by Crippen LogP contribution is 2.44. The molecule has 1 saturated carbocycles. The molecule has 0 radical (unpaired) electrons. The lowest BCUT2D eigenvalue weighted by molar-refractivity contribution is 0.345. The van der Waals surface area contributed by atoms with Gasteiger partial charge in [0.1, 0.15) is 0 Å². The molecule has 1 aliphatic carbocycles. The Bertz CT molecular complexity index is 1110. The Hall–Kier alpha value is -2.66. The van der Waals surface area contributed by atoms with Crippen molar-refractivity contribution in [1.29, 1.82) is 0 Å². The van der Waals surface area contributed by atoms with E-state index in [2.05, 4.69) is 78.0 Å². The molecule has 2 atom stereocenters. The van der Waals surface area contributed by atoms with Crippen molar-refractivity contribution in [2.45, 2.75) is 71.0 Å². The molecule has 32 heavy (non-hydrogen) atoms. The maximum atomic E-state index is 5.91. The van der Waals surface area contributed by atoms with Gasteiger partial charge in [-0.3, -0.25) is 4.98 Å². The lowest BCUT2D eigenvalue weighted by Crippen LogP contribution is -2.29. The number of nitrogens with one attached hydrogen (secondary N) is 1. The standard InChI is InChI=1S/C27H32N4S/c1-18-10-9-13-22(16-18)31-26(25(29-27(31)32)24-14-7-8-15-28-24)23-17-19(2)30(20(23)3)21-11-5-4-6-12-21/h7-10,13-17,21,25-26H,4-6,11-12H2,1-3H3,(H,29,32)/t25-,26-/m0/s1. The molecule has 3 aromatic rings. The van der Waals surface area contributed by atoms with E-state index in [-0.39, 0.29) is 12.1 Å². The second-order valence-corrected chi connectivity index (χ2v) is 9.71. The summed E-state index contributed by atoms with van der Waals surface area (Å²) in [5.74, 6) is 0. The lowest BCUT2D eigenvalue weighted by atomic mass is 9.94. The lowest BCUT2D eigenvalue weighted by Gasteiger charge is -2.30. The van der Waals surface area contributed by atoms with Gasteiger partial charge in [-0.05, 0) is 87.3 Å². The molecule has 0 amide bonds. The van der Waals surface area contributed by atoms with Gasteiger partial charge in [-0.2, -0.15) is 0 Å². The Labute approximate surface area is 196 Å². The molecule has 2 fully saturated rings. The van der Waals surface area contributed by atoms with E-state index in [4.69, 9.17) is 17.2 Å². The average molecular weight is 445 g/mol. The summed E-state index contributed by atoms with van der Waals surface area (Å²) < 4.78 is 2.60. The van der Waals surface area contributed by atoms with Gasteiger partial charge in [0, 0.05) is 29.3 Å². The van der Waals surface area contributed by atoms with Crippen molar-refractivity contribution in [3.8, 4) is 0 Å². The van der Waals surface area contributed by atoms with Crippen LogP contribution in [-0.2, 0) is 0 Å². The third kappa shape index (κ3) is 3.73. The smallest absolute Gasteiger partial charge is 0.174 e. The summed E-state index contributed by atoms with van der Waals surface area (Å²) in [7, 11) is 0. The molecule has 4 nitrogen and oxygen atoms in total. The zero-order valence-electron chi connectivity index (χ0n) is 19.2. The first-order chi connectivity index (χ1) is 15.5. The van der Waals surface area contributed by atoms with Gasteiger partial charge in [0.05, 0.1) is 17.8 Å². The molecular weight excluding hydrogens is 412 g/mol. The van der Waals surface area contributed by atoms with Crippen LogP contribution in [-0.4, -0.2) is 14.7 Å². The fourth-order valence-corrected chi connectivity index (χ4v) is 6.08. The first-order valence-corrected chi connectivity index (χ1v) is 12.2. The van der Waals surface area contributed by atoms with E-state index in [1.807, 2.05) is 12.3 Å². The van der Waals surface area contributed by atoms with Gasteiger partial charge < -0.3 is 14.8 Å². The highest BCUT2D eigenvalue weighted by molar-refractivity contribution is 7.80. The van der Waals surface area contributed by atoms with Crippen molar-refractivity contribution in [2.24, 2.45) is 0 Å². The molecule has 5 heteroatoms. The number of pyridine rings is 1. The predicted octanol–water partition coefficient (Wildman–Crippen LogP) is 6.49. The number of benzene rings is 1. The molecule has 1 aliphatic heterocycles. The number of aromatic nitrogens is 2. The van der Waals surface area contributed by atoms with Crippen LogP contribution in [0.5, 0.6) is 0 Å². The highest BCUT2D eigenvalue weighted by atomic mass is 32.1. The van der Waals surface area contributed by atoms with Crippen molar-refractivity contribution in [3.05, 3.63) is 82.9 Å². The summed E-state index contributed by atoms with van der Waals surface area (Å²) in [5.41, 5.74) is 7.46. The van der Waals surface area contributed by atoms with Crippen LogP contribution in [0.25, 0.3) is 0 Å². The van der Waals surface area contributed by atoms with Crippen LogP contribution < -0.4 is 10.2 Å². The molecule has 1 N–H and O–H groups in total. The van der Waals surface area contributed by atoms with E-state index >= 15 is 0 Å². The molecule has 0 spiro atoms. The summed E-state index contributed by atoms with van der Waals surface area (Å²) in [6.45, 7) is 6.69. The van der Waals surface area contributed by atoms with E-state index in [1.165, 1.54) is 54.6 Å². The normalized spacial score (nSPS) is 21.7. The third-order valence-corrected chi connectivity index (χ3v) is 7.47. The van der Waals surface area contributed by atoms with Crippen molar-refractivity contribution in [2.75, 3.05) is 4.90 Å². The van der Waals surface area contributed by atoms with Crippen LogP contribution in [0.3, 0.4) is 0 Å². The molecule has 166 valence electrons. The molecular formula is C27H32N4S. The van der Waals surface area contributed by atoms with Gasteiger partial charge in [-0.1, -0.05) is 37.5 Å². The molecule has 2 aromatic heterocycles. The van der Waals surface area contributed by atoms with Crippen molar-refractivity contribution in [3.63, 3.8) is 0 Å². The zero-order chi connectivity index (χ0) is 22.2. The minimum atomic E-state index is 0.00418. The van der Waals surface area contributed by atoms with Crippen LogP contribution in [0.4, 0.5) is 5.69 Å². The minimum Gasteiger partial charge on any atom is -0.351 e. The zero-order valence-corrected chi connectivity index (χ0v) is 20.0. The fourth-order valence-electron chi connectivity index (χ4n) is 5.73. The second kappa shape index (κ2) is 8.70. The Morgan fingerprint density at radius 1 is 0.969 bits per heavy atom. The molecule has 3 heterocycles. The van der Waals surface area contributed by atoms with E-state index < -0.39 is 0 Å². The highest BCUT2D eigenvalue weighted by Gasteiger charge is 2.42. The molecule has 1 saturated heterocycles. The number of aryl methyl sites for hydroxylation is 2. The summed E-state index contributed by atoms with van der Waals surface area (Å²) >= 11 is 5.91. The maximum Gasteiger partial charge on any atom is 0.174 e. The SMILES string of the molecule is Cc1cccc(N2C(=S)N[C@@H](c3ccccn3)[C@@H]2c2cc(C)n(C3CCCCC3)c2C)c1. The van der Waals surface area contributed by atoms with Crippen LogP contribution >= 0.6 is 12.2 Å². The Kier molecular flexibility index (Phi) is 5.76.